The lowest BCUT2D eigenvalue weighted by Gasteiger charge is -2.16. The number of rotatable bonds is 6. The Bertz CT molecular complexity index is 934. The lowest BCUT2D eigenvalue weighted by Crippen LogP contribution is -2.27. The van der Waals surface area contributed by atoms with Crippen LogP contribution in [0.25, 0.3) is 0 Å². The molecule has 144 valence electrons. The van der Waals surface area contributed by atoms with Crippen LogP contribution in [0.3, 0.4) is 0 Å². The van der Waals surface area contributed by atoms with Crippen LogP contribution in [0.5, 0.6) is 0 Å². The molecule has 1 saturated heterocycles. The number of pyridine rings is 1. The van der Waals surface area contributed by atoms with Crippen molar-refractivity contribution in [3.63, 3.8) is 0 Å². The number of ketones is 1. The van der Waals surface area contributed by atoms with Gasteiger partial charge in [0.1, 0.15) is 4.90 Å². The highest BCUT2D eigenvalue weighted by Crippen LogP contribution is 2.27. The SMILES string of the molecule is Cc1ccc(C)c(C(=O)[C@H](C)Sc2ccc(S(=O)(=O)N3CCCC3)cn2)c1. The number of benzene rings is 1. The summed E-state index contributed by atoms with van der Waals surface area (Å²) in [6.07, 6.45) is 3.20. The highest BCUT2D eigenvalue weighted by atomic mass is 32.2. The van der Waals surface area contributed by atoms with Gasteiger partial charge in [-0.25, -0.2) is 13.4 Å². The summed E-state index contributed by atoms with van der Waals surface area (Å²) in [7, 11) is -3.46. The Morgan fingerprint density at radius 3 is 2.48 bits per heavy atom. The van der Waals surface area contributed by atoms with Crippen LogP contribution in [0.1, 0.15) is 41.3 Å². The summed E-state index contributed by atoms with van der Waals surface area (Å²) >= 11 is 1.34. The number of hydrogen-bond acceptors (Lipinski definition) is 5. The zero-order valence-corrected chi connectivity index (χ0v) is 17.4. The molecule has 7 heteroatoms. The first kappa shape index (κ1) is 20.0. The number of aryl methyl sites for hydroxylation is 2. The zero-order chi connectivity index (χ0) is 19.6. The van der Waals surface area contributed by atoms with E-state index in [4.69, 9.17) is 0 Å². The van der Waals surface area contributed by atoms with Gasteiger partial charge >= 0.3 is 0 Å². The van der Waals surface area contributed by atoms with Crippen LogP contribution in [-0.2, 0) is 10.0 Å². The Morgan fingerprint density at radius 2 is 1.85 bits per heavy atom. The maximum Gasteiger partial charge on any atom is 0.244 e. The molecule has 1 aromatic carbocycles. The summed E-state index contributed by atoms with van der Waals surface area (Å²) in [5.74, 6) is 0.0526. The predicted octanol–water partition coefficient (Wildman–Crippen LogP) is 3.85. The van der Waals surface area contributed by atoms with Crippen molar-refractivity contribution in [2.75, 3.05) is 13.1 Å². The van der Waals surface area contributed by atoms with E-state index in [1.807, 2.05) is 39.0 Å². The minimum atomic E-state index is -3.46. The van der Waals surface area contributed by atoms with Gasteiger partial charge in [-0.15, -0.1) is 0 Å². The summed E-state index contributed by atoms with van der Waals surface area (Å²) in [5.41, 5.74) is 2.73. The van der Waals surface area contributed by atoms with Gasteiger partial charge in [0, 0.05) is 24.8 Å². The second-order valence-corrected chi connectivity index (χ2v) is 10.2. The first-order valence-corrected chi connectivity index (χ1v) is 11.4. The Balaban J connectivity index is 1.72. The number of thioether (sulfide) groups is 1. The first-order valence-electron chi connectivity index (χ1n) is 9.03. The van der Waals surface area contributed by atoms with E-state index in [9.17, 15) is 13.2 Å². The van der Waals surface area contributed by atoms with Crippen LogP contribution < -0.4 is 0 Å². The number of hydrogen-bond donors (Lipinski definition) is 0. The number of aromatic nitrogens is 1. The van der Waals surface area contributed by atoms with E-state index in [1.54, 1.807) is 12.1 Å². The molecular formula is C20H24N2O3S2. The van der Waals surface area contributed by atoms with E-state index < -0.39 is 10.0 Å². The molecule has 1 aromatic heterocycles. The standard InChI is InChI=1S/C20H24N2O3S2/c1-14-6-7-15(2)18(12-14)20(23)16(3)26-19-9-8-17(13-21-19)27(24,25)22-10-4-5-11-22/h6-9,12-13,16H,4-5,10-11H2,1-3H3/t16-/m0/s1. The van der Waals surface area contributed by atoms with E-state index in [1.165, 1.54) is 22.3 Å². The highest BCUT2D eigenvalue weighted by molar-refractivity contribution is 8.00. The van der Waals surface area contributed by atoms with Crippen molar-refractivity contribution >= 4 is 27.6 Å². The molecule has 27 heavy (non-hydrogen) atoms. The molecule has 0 spiro atoms. The highest BCUT2D eigenvalue weighted by Gasteiger charge is 2.27. The van der Waals surface area contributed by atoms with Gasteiger partial charge in [-0.3, -0.25) is 4.79 Å². The zero-order valence-electron chi connectivity index (χ0n) is 15.8. The maximum atomic E-state index is 12.8. The molecule has 0 unspecified atom stereocenters. The maximum absolute atomic E-state index is 12.8. The fourth-order valence-corrected chi connectivity index (χ4v) is 5.44. The van der Waals surface area contributed by atoms with Gasteiger partial charge in [0.15, 0.2) is 5.78 Å². The molecular weight excluding hydrogens is 380 g/mol. The second kappa shape index (κ2) is 8.12. The molecule has 0 bridgehead atoms. The average molecular weight is 405 g/mol. The molecule has 0 radical (unpaired) electrons. The van der Waals surface area contributed by atoms with Gasteiger partial charge in [0.25, 0.3) is 0 Å². The van der Waals surface area contributed by atoms with Crippen LogP contribution in [0.2, 0.25) is 0 Å². The first-order chi connectivity index (χ1) is 12.8. The third kappa shape index (κ3) is 4.42. The van der Waals surface area contributed by atoms with Crippen molar-refractivity contribution in [1.82, 2.24) is 9.29 Å². The van der Waals surface area contributed by atoms with Crippen molar-refractivity contribution in [3.05, 3.63) is 53.2 Å². The van der Waals surface area contributed by atoms with Crippen LogP contribution in [0, 0.1) is 13.8 Å². The monoisotopic (exact) mass is 404 g/mol. The van der Waals surface area contributed by atoms with Crippen LogP contribution in [-0.4, -0.2) is 41.8 Å². The summed E-state index contributed by atoms with van der Waals surface area (Å²) < 4.78 is 26.6. The van der Waals surface area contributed by atoms with Gasteiger partial charge in [0.05, 0.1) is 10.3 Å². The number of carbonyl (C=O) groups excluding carboxylic acids is 1. The molecule has 0 aliphatic carbocycles. The third-order valence-electron chi connectivity index (χ3n) is 4.74. The van der Waals surface area contributed by atoms with Crippen molar-refractivity contribution in [1.29, 1.82) is 0 Å². The van der Waals surface area contributed by atoms with E-state index in [2.05, 4.69) is 4.98 Å². The lowest BCUT2D eigenvalue weighted by atomic mass is 10.0. The Labute approximate surface area is 165 Å². The molecule has 1 aliphatic rings. The fourth-order valence-electron chi connectivity index (χ4n) is 3.12. The third-order valence-corrected chi connectivity index (χ3v) is 7.67. The van der Waals surface area contributed by atoms with Crippen molar-refractivity contribution in [3.8, 4) is 0 Å². The van der Waals surface area contributed by atoms with Crippen LogP contribution >= 0.6 is 11.8 Å². The van der Waals surface area contributed by atoms with E-state index in [0.717, 1.165) is 29.5 Å². The quantitative estimate of drug-likeness (QED) is 0.540. The number of Topliss-reactive ketones (excluding diaryl/α,β-unsaturated/α-hetero) is 1. The predicted molar refractivity (Wildman–Crippen MR) is 108 cm³/mol. The van der Waals surface area contributed by atoms with E-state index >= 15 is 0 Å². The summed E-state index contributed by atoms with van der Waals surface area (Å²) in [6.45, 7) is 6.89. The van der Waals surface area contributed by atoms with Gasteiger partial charge in [0.2, 0.25) is 10.0 Å². The molecule has 0 N–H and O–H groups in total. The van der Waals surface area contributed by atoms with E-state index in [0.29, 0.717) is 18.1 Å². The topological polar surface area (TPSA) is 67.3 Å². The smallest absolute Gasteiger partial charge is 0.244 e. The van der Waals surface area contributed by atoms with Gasteiger partial charge in [-0.1, -0.05) is 29.5 Å². The number of carbonyl (C=O) groups is 1. The fraction of sp³-hybridized carbons (Fsp3) is 0.400. The largest absolute Gasteiger partial charge is 0.293 e. The molecule has 2 aromatic rings. The average Bonchev–Trinajstić information content (AvgIpc) is 3.19. The van der Waals surface area contributed by atoms with Crippen molar-refractivity contribution in [2.24, 2.45) is 0 Å². The second-order valence-electron chi connectivity index (χ2n) is 6.89. The molecule has 5 nitrogen and oxygen atoms in total. The summed E-state index contributed by atoms with van der Waals surface area (Å²) in [4.78, 5) is 17.3. The van der Waals surface area contributed by atoms with E-state index in [-0.39, 0.29) is 15.9 Å². The Morgan fingerprint density at radius 1 is 1.15 bits per heavy atom. The van der Waals surface area contributed by atoms with Gasteiger partial charge in [-0.2, -0.15) is 4.31 Å². The van der Waals surface area contributed by atoms with Gasteiger partial charge < -0.3 is 0 Å². The summed E-state index contributed by atoms with van der Waals surface area (Å²) in [6, 6.07) is 9.12. The van der Waals surface area contributed by atoms with Crippen LogP contribution in [0.4, 0.5) is 0 Å². The van der Waals surface area contributed by atoms with Gasteiger partial charge in [-0.05, 0) is 57.4 Å². The Kier molecular flexibility index (Phi) is 6.03. The minimum Gasteiger partial charge on any atom is -0.293 e. The number of nitrogens with zero attached hydrogens (tertiary/aromatic N) is 2. The molecule has 1 atom stereocenters. The molecule has 2 heterocycles. The molecule has 1 aliphatic heterocycles. The normalized spacial score (nSPS) is 16.4. The minimum absolute atomic E-state index is 0.0526. The lowest BCUT2D eigenvalue weighted by molar-refractivity contribution is 0.0993. The summed E-state index contributed by atoms with van der Waals surface area (Å²) in [5, 5.41) is 0.334. The molecule has 3 rings (SSSR count). The molecule has 1 fully saturated rings. The van der Waals surface area contributed by atoms with Crippen molar-refractivity contribution in [2.45, 2.75) is 48.8 Å². The van der Waals surface area contributed by atoms with Crippen molar-refractivity contribution < 1.29 is 13.2 Å². The number of sulfonamides is 1. The van der Waals surface area contributed by atoms with Crippen LogP contribution in [0.15, 0.2) is 46.5 Å². The Hall–Kier alpha value is -1.70. The molecule has 0 saturated carbocycles. The molecule has 0 amide bonds.